The predicted octanol–water partition coefficient (Wildman–Crippen LogP) is 5.57. The summed E-state index contributed by atoms with van der Waals surface area (Å²) in [4.78, 5) is 25.5. The van der Waals surface area contributed by atoms with Gasteiger partial charge in [0.05, 0.1) is 15.5 Å². The average molecular weight is 422 g/mol. The van der Waals surface area contributed by atoms with E-state index in [9.17, 15) is 14.9 Å². The van der Waals surface area contributed by atoms with Crippen LogP contribution in [0.2, 0.25) is 0 Å². The van der Waals surface area contributed by atoms with Gasteiger partial charge in [-0.2, -0.15) is 0 Å². The van der Waals surface area contributed by atoms with Crippen molar-refractivity contribution in [2.24, 2.45) is 0 Å². The van der Waals surface area contributed by atoms with E-state index in [1.165, 1.54) is 22.7 Å². The number of carbonyl (C=O) groups excluding carboxylic acids is 1. The summed E-state index contributed by atoms with van der Waals surface area (Å²) < 4.78 is 6.26. The fourth-order valence-electron chi connectivity index (χ4n) is 2.94. The molecule has 3 aromatic rings. The number of thiocarbonyl (C=S) groups is 1. The molecule has 0 bridgehead atoms. The van der Waals surface area contributed by atoms with Crippen LogP contribution in [0.1, 0.15) is 11.3 Å². The predicted molar refractivity (Wildman–Crippen MR) is 118 cm³/mol. The third-order valence-electron chi connectivity index (χ3n) is 4.40. The fourth-order valence-corrected chi connectivity index (χ4v) is 4.22. The zero-order chi connectivity index (χ0) is 20.5. The van der Waals surface area contributed by atoms with Crippen LogP contribution >= 0.6 is 24.0 Å². The Morgan fingerprint density at radius 1 is 1.14 bits per heavy atom. The average Bonchev–Trinajstić information content (AvgIpc) is 3.27. The lowest BCUT2D eigenvalue weighted by Gasteiger charge is -2.13. The molecule has 2 heterocycles. The molecule has 144 valence electrons. The first-order valence-electron chi connectivity index (χ1n) is 8.62. The standard InChI is InChI=1S/C21H14N2O4S2/c1-13-7-8-14(11-17(13)23(25)26)18-10-9-16(27-18)12-19-20(24)22(21(28)29-19)15-5-3-2-4-6-15/h2-12H,1H3/b19-12+. The van der Waals surface area contributed by atoms with Crippen LogP contribution in [-0.2, 0) is 4.79 Å². The fraction of sp³-hybridized carbons (Fsp3) is 0.0476. The molecule has 0 N–H and O–H groups in total. The minimum absolute atomic E-state index is 0.0317. The zero-order valence-electron chi connectivity index (χ0n) is 15.2. The second kappa shape index (κ2) is 7.65. The van der Waals surface area contributed by atoms with Gasteiger partial charge in [0.2, 0.25) is 0 Å². The normalized spacial score (nSPS) is 15.3. The molecule has 1 aliphatic heterocycles. The quantitative estimate of drug-likeness (QED) is 0.237. The van der Waals surface area contributed by atoms with Crippen molar-refractivity contribution >= 4 is 51.7 Å². The number of nitro benzene ring substituents is 1. The SMILES string of the molecule is Cc1ccc(-c2ccc(/C=C3/SC(=S)N(c4ccccc4)C3=O)o2)cc1[N+](=O)[O-]. The van der Waals surface area contributed by atoms with Gasteiger partial charge in [0, 0.05) is 23.3 Å². The second-order valence-corrected chi connectivity index (χ2v) is 7.99. The molecular formula is C21H14N2O4S2. The molecule has 0 atom stereocenters. The van der Waals surface area contributed by atoms with Crippen LogP contribution in [-0.4, -0.2) is 15.2 Å². The number of amides is 1. The number of anilines is 1. The van der Waals surface area contributed by atoms with Crippen LogP contribution in [0.5, 0.6) is 0 Å². The van der Waals surface area contributed by atoms with Crippen molar-refractivity contribution in [2.45, 2.75) is 6.92 Å². The summed E-state index contributed by atoms with van der Waals surface area (Å²) in [6.45, 7) is 1.68. The van der Waals surface area contributed by atoms with Crippen LogP contribution < -0.4 is 4.90 Å². The van der Waals surface area contributed by atoms with Crippen LogP contribution in [0.3, 0.4) is 0 Å². The molecule has 4 rings (SSSR count). The highest BCUT2D eigenvalue weighted by Gasteiger charge is 2.33. The van der Waals surface area contributed by atoms with Crippen molar-refractivity contribution in [3.63, 3.8) is 0 Å². The first-order chi connectivity index (χ1) is 13.9. The van der Waals surface area contributed by atoms with E-state index in [0.29, 0.717) is 37.6 Å². The van der Waals surface area contributed by atoms with Crippen molar-refractivity contribution in [1.82, 2.24) is 0 Å². The van der Waals surface area contributed by atoms with Crippen LogP contribution in [0.15, 0.2) is 70.0 Å². The van der Waals surface area contributed by atoms with Gasteiger partial charge in [0.25, 0.3) is 11.6 Å². The maximum Gasteiger partial charge on any atom is 0.273 e. The first kappa shape index (κ1) is 19.1. The van der Waals surface area contributed by atoms with Gasteiger partial charge in [0.15, 0.2) is 4.32 Å². The number of aryl methyl sites for hydroxylation is 1. The Kier molecular flexibility index (Phi) is 5.04. The molecule has 1 fully saturated rings. The summed E-state index contributed by atoms with van der Waals surface area (Å²) in [5, 5.41) is 11.2. The topological polar surface area (TPSA) is 76.6 Å². The van der Waals surface area contributed by atoms with Crippen LogP contribution in [0.4, 0.5) is 11.4 Å². The number of thioether (sulfide) groups is 1. The summed E-state index contributed by atoms with van der Waals surface area (Å²) in [5.41, 5.74) is 1.92. The van der Waals surface area contributed by atoms with E-state index in [-0.39, 0.29) is 11.6 Å². The minimum Gasteiger partial charge on any atom is -0.457 e. The van der Waals surface area contributed by atoms with Crippen molar-refractivity contribution in [2.75, 3.05) is 4.90 Å². The summed E-state index contributed by atoms with van der Waals surface area (Å²) in [6.07, 6.45) is 1.63. The van der Waals surface area contributed by atoms with E-state index in [0.717, 1.165) is 0 Å². The van der Waals surface area contributed by atoms with Gasteiger partial charge in [-0.05, 0) is 31.2 Å². The molecule has 1 saturated heterocycles. The molecule has 8 heteroatoms. The Balaban J connectivity index is 1.62. The zero-order valence-corrected chi connectivity index (χ0v) is 16.8. The summed E-state index contributed by atoms with van der Waals surface area (Å²) in [6, 6.07) is 17.6. The third-order valence-corrected chi connectivity index (χ3v) is 5.70. The van der Waals surface area contributed by atoms with Gasteiger partial charge in [-0.15, -0.1) is 0 Å². The van der Waals surface area contributed by atoms with Crippen molar-refractivity contribution in [3.8, 4) is 11.3 Å². The summed E-state index contributed by atoms with van der Waals surface area (Å²) in [5.74, 6) is 0.741. The Bertz CT molecular complexity index is 1170. The number of rotatable bonds is 4. The summed E-state index contributed by atoms with van der Waals surface area (Å²) >= 11 is 6.56. The van der Waals surface area contributed by atoms with E-state index >= 15 is 0 Å². The largest absolute Gasteiger partial charge is 0.457 e. The van der Waals surface area contributed by atoms with Gasteiger partial charge in [-0.1, -0.05) is 54.3 Å². The van der Waals surface area contributed by atoms with E-state index in [1.807, 2.05) is 30.3 Å². The molecule has 0 unspecified atom stereocenters. The first-order valence-corrected chi connectivity index (χ1v) is 9.85. The number of benzene rings is 2. The molecule has 1 aliphatic rings. The lowest BCUT2D eigenvalue weighted by molar-refractivity contribution is -0.385. The molecule has 0 spiro atoms. The minimum atomic E-state index is -0.419. The van der Waals surface area contributed by atoms with Gasteiger partial charge in [0.1, 0.15) is 11.5 Å². The molecular weight excluding hydrogens is 408 g/mol. The molecule has 0 radical (unpaired) electrons. The highest BCUT2D eigenvalue weighted by molar-refractivity contribution is 8.27. The smallest absolute Gasteiger partial charge is 0.273 e. The van der Waals surface area contributed by atoms with Crippen molar-refractivity contribution < 1.29 is 14.1 Å². The maximum atomic E-state index is 12.8. The Hall–Kier alpha value is -3.23. The number of nitrogens with zero attached hydrogens (tertiary/aromatic N) is 2. The van der Waals surface area contributed by atoms with Crippen LogP contribution in [0.25, 0.3) is 17.4 Å². The van der Waals surface area contributed by atoms with E-state index < -0.39 is 4.92 Å². The molecule has 6 nitrogen and oxygen atoms in total. The van der Waals surface area contributed by atoms with Gasteiger partial charge < -0.3 is 4.42 Å². The number of hydrogen-bond acceptors (Lipinski definition) is 6. The molecule has 29 heavy (non-hydrogen) atoms. The molecule has 0 aliphatic carbocycles. The van der Waals surface area contributed by atoms with Gasteiger partial charge in [-0.3, -0.25) is 19.8 Å². The third kappa shape index (κ3) is 3.72. The monoisotopic (exact) mass is 422 g/mol. The van der Waals surface area contributed by atoms with Crippen molar-refractivity contribution in [1.29, 1.82) is 0 Å². The number of para-hydroxylation sites is 1. The van der Waals surface area contributed by atoms with E-state index in [2.05, 4.69) is 0 Å². The van der Waals surface area contributed by atoms with Gasteiger partial charge >= 0.3 is 0 Å². The van der Waals surface area contributed by atoms with E-state index in [4.69, 9.17) is 16.6 Å². The number of hydrogen-bond donors (Lipinski definition) is 0. The number of nitro groups is 1. The molecule has 0 saturated carbocycles. The van der Waals surface area contributed by atoms with E-state index in [1.54, 1.807) is 37.3 Å². The number of furan rings is 1. The van der Waals surface area contributed by atoms with Crippen molar-refractivity contribution in [3.05, 3.63) is 87.0 Å². The highest BCUT2D eigenvalue weighted by atomic mass is 32.2. The molecule has 1 amide bonds. The maximum absolute atomic E-state index is 12.8. The highest BCUT2D eigenvalue weighted by Crippen LogP contribution is 2.36. The Labute approximate surface area is 176 Å². The number of carbonyl (C=O) groups is 1. The molecule has 1 aromatic heterocycles. The second-order valence-electron chi connectivity index (χ2n) is 6.31. The Morgan fingerprint density at radius 2 is 1.90 bits per heavy atom. The van der Waals surface area contributed by atoms with Crippen LogP contribution in [0, 0.1) is 17.0 Å². The lowest BCUT2D eigenvalue weighted by Crippen LogP contribution is -2.27. The van der Waals surface area contributed by atoms with Gasteiger partial charge in [-0.25, -0.2) is 0 Å². The Morgan fingerprint density at radius 3 is 2.62 bits per heavy atom. The molecule has 2 aromatic carbocycles. The lowest BCUT2D eigenvalue weighted by atomic mass is 10.1. The summed E-state index contributed by atoms with van der Waals surface area (Å²) in [7, 11) is 0.